The van der Waals surface area contributed by atoms with Crippen LogP contribution in [-0.4, -0.2) is 47.8 Å². The number of likely N-dealkylation sites (tertiary alicyclic amines) is 2. The van der Waals surface area contributed by atoms with Crippen molar-refractivity contribution in [3.8, 4) is 0 Å². The van der Waals surface area contributed by atoms with Gasteiger partial charge in [-0.2, -0.15) is 0 Å². The highest BCUT2D eigenvalue weighted by atomic mass is 35.5. The molecule has 26 heavy (non-hydrogen) atoms. The first-order chi connectivity index (χ1) is 12.5. The molecule has 2 aliphatic heterocycles. The summed E-state index contributed by atoms with van der Waals surface area (Å²) in [7, 11) is 0. The molecule has 1 aromatic rings. The van der Waals surface area contributed by atoms with E-state index >= 15 is 0 Å². The molecule has 0 atom stereocenters. The number of carbonyl (C=O) groups is 2. The summed E-state index contributed by atoms with van der Waals surface area (Å²) >= 11 is 6.10. The Labute approximate surface area is 158 Å². The molecule has 0 spiro atoms. The Bertz CT molecular complexity index is 648. The molecule has 0 aromatic heterocycles. The fourth-order valence-electron chi connectivity index (χ4n) is 3.89. The molecule has 2 saturated heterocycles. The lowest BCUT2D eigenvalue weighted by atomic mass is 9.91. The number of primary amides is 1. The molecule has 0 radical (unpaired) electrons. The Morgan fingerprint density at radius 2 is 1.69 bits per heavy atom. The van der Waals surface area contributed by atoms with E-state index in [-0.39, 0.29) is 29.5 Å². The maximum absolute atomic E-state index is 13.9. The number of halogens is 2. The highest BCUT2D eigenvalue weighted by Gasteiger charge is 2.32. The first-order valence-electron chi connectivity index (χ1n) is 9.19. The lowest BCUT2D eigenvalue weighted by Gasteiger charge is -2.36. The molecule has 142 valence electrons. The summed E-state index contributed by atoms with van der Waals surface area (Å²) in [5.74, 6) is -0.472. The van der Waals surface area contributed by atoms with Crippen LogP contribution in [0.5, 0.6) is 0 Å². The highest BCUT2D eigenvalue weighted by molar-refractivity contribution is 6.31. The van der Waals surface area contributed by atoms with Crippen molar-refractivity contribution < 1.29 is 14.0 Å². The molecule has 1 aromatic carbocycles. The minimum absolute atomic E-state index is 0.00692. The summed E-state index contributed by atoms with van der Waals surface area (Å²) < 4.78 is 13.9. The number of carbonyl (C=O) groups excluding carboxylic acids is 2. The van der Waals surface area contributed by atoms with Gasteiger partial charge in [0.1, 0.15) is 5.82 Å². The van der Waals surface area contributed by atoms with E-state index in [0.29, 0.717) is 43.1 Å². The van der Waals surface area contributed by atoms with Gasteiger partial charge in [-0.1, -0.05) is 17.7 Å². The molecule has 7 heteroatoms. The van der Waals surface area contributed by atoms with Crippen molar-refractivity contribution in [1.82, 2.24) is 9.80 Å². The fraction of sp³-hybridized carbons (Fsp3) is 0.579. The van der Waals surface area contributed by atoms with Crippen LogP contribution in [0.15, 0.2) is 18.2 Å². The number of nitrogens with zero attached hydrogens (tertiary/aromatic N) is 2. The van der Waals surface area contributed by atoms with Crippen LogP contribution >= 0.6 is 11.6 Å². The standard InChI is InChI=1S/C19H25ClFN3O2/c20-16-2-1-3-17(21)15(16)12-23-8-4-14(5-9-23)19(26)24-10-6-13(7-11-24)18(22)25/h1-3,13-14H,4-12H2,(H2,22,25). The third-order valence-electron chi connectivity index (χ3n) is 5.59. The topological polar surface area (TPSA) is 66.6 Å². The second-order valence-electron chi connectivity index (χ2n) is 7.25. The Morgan fingerprint density at radius 3 is 2.27 bits per heavy atom. The van der Waals surface area contributed by atoms with E-state index in [9.17, 15) is 14.0 Å². The molecular formula is C19H25ClFN3O2. The van der Waals surface area contributed by atoms with Gasteiger partial charge >= 0.3 is 0 Å². The van der Waals surface area contributed by atoms with Crippen LogP contribution in [0.3, 0.4) is 0 Å². The van der Waals surface area contributed by atoms with E-state index in [1.165, 1.54) is 6.07 Å². The number of piperidine rings is 2. The average molecular weight is 382 g/mol. The second-order valence-corrected chi connectivity index (χ2v) is 7.66. The number of rotatable bonds is 4. The zero-order valence-corrected chi connectivity index (χ0v) is 15.6. The second kappa shape index (κ2) is 8.35. The molecule has 2 aliphatic rings. The SMILES string of the molecule is NC(=O)C1CCN(C(=O)C2CCN(Cc3c(F)cccc3Cl)CC2)CC1. The largest absolute Gasteiger partial charge is 0.369 e. The maximum atomic E-state index is 13.9. The van der Waals surface area contributed by atoms with Gasteiger partial charge in [-0.15, -0.1) is 0 Å². The van der Waals surface area contributed by atoms with Gasteiger partial charge < -0.3 is 10.6 Å². The molecule has 0 unspecified atom stereocenters. The Kier molecular flexibility index (Phi) is 6.14. The number of hydrogen-bond donors (Lipinski definition) is 1. The normalized spacial score (nSPS) is 20.3. The summed E-state index contributed by atoms with van der Waals surface area (Å²) in [6.45, 7) is 3.18. The molecule has 0 aliphatic carbocycles. The predicted octanol–water partition coefficient (Wildman–Crippen LogP) is 2.41. The van der Waals surface area contributed by atoms with Crippen molar-refractivity contribution in [3.05, 3.63) is 34.6 Å². The molecule has 2 heterocycles. The average Bonchev–Trinajstić information content (AvgIpc) is 2.65. The maximum Gasteiger partial charge on any atom is 0.225 e. The van der Waals surface area contributed by atoms with Crippen LogP contribution in [0.4, 0.5) is 4.39 Å². The number of amides is 2. The van der Waals surface area contributed by atoms with Gasteiger partial charge in [-0.3, -0.25) is 14.5 Å². The van der Waals surface area contributed by atoms with Crippen molar-refractivity contribution in [3.63, 3.8) is 0 Å². The van der Waals surface area contributed by atoms with Crippen LogP contribution < -0.4 is 5.73 Å². The van der Waals surface area contributed by atoms with Crippen molar-refractivity contribution in [1.29, 1.82) is 0 Å². The summed E-state index contributed by atoms with van der Waals surface area (Å²) in [5, 5.41) is 0.445. The third-order valence-corrected chi connectivity index (χ3v) is 5.94. The molecular weight excluding hydrogens is 357 g/mol. The van der Waals surface area contributed by atoms with E-state index < -0.39 is 0 Å². The molecule has 5 nitrogen and oxygen atoms in total. The Balaban J connectivity index is 1.49. The smallest absolute Gasteiger partial charge is 0.225 e. The van der Waals surface area contributed by atoms with Crippen LogP contribution in [0.1, 0.15) is 31.2 Å². The fourth-order valence-corrected chi connectivity index (χ4v) is 4.11. The summed E-state index contributed by atoms with van der Waals surface area (Å²) in [6.07, 6.45) is 2.85. The number of benzene rings is 1. The quantitative estimate of drug-likeness (QED) is 0.870. The van der Waals surface area contributed by atoms with E-state index in [4.69, 9.17) is 17.3 Å². The van der Waals surface area contributed by atoms with Crippen molar-refractivity contribution in [2.45, 2.75) is 32.2 Å². The summed E-state index contributed by atoms with van der Waals surface area (Å²) in [6, 6.07) is 4.73. The van der Waals surface area contributed by atoms with Gasteiger partial charge in [-0.05, 0) is 50.9 Å². The van der Waals surface area contributed by atoms with E-state index in [2.05, 4.69) is 4.90 Å². The summed E-state index contributed by atoms with van der Waals surface area (Å²) in [5.41, 5.74) is 5.87. The molecule has 2 N–H and O–H groups in total. The van der Waals surface area contributed by atoms with Gasteiger partial charge in [0.25, 0.3) is 0 Å². The summed E-state index contributed by atoms with van der Waals surface area (Å²) in [4.78, 5) is 28.0. The van der Waals surface area contributed by atoms with Crippen LogP contribution in [0.2, 0.25) is 5.02 Å². The van der Waals surface area contributed by atoms with Crippen LogP contribution in [-0.2, 0) is 16.1 Å². The van der Waals surface area contributed by atoms with Gasteiger partial charge in [0.2, 0.25) is 11.8 Å². The van der Waals surface area contributed by atoms with Gasteiger partial charge in [0, 0.05) is 42.1 Å². The van der Waals surface area contributed by atoms with E-state index in [1.54, 1.807) is 12.1 Å². The van der Waals surface area contributed by atoms with Crippen molar-refractivity contribution in [2.75, 3.05) is 26.2 Å². The minimum atomic E-state index is -0.284. The Hall–Kier alpha value is -1.66. The Morgan fingerprint density at radius 1 is 1.08 bits per heavy atom. The van der Waals surface area contributed by atoms with Crippen molar-refractivity contribution >= 4 is 23.4 Å². The van der Waals surface area contributed by atoms with Gasteiger partial charge in [0.15, 0.2) is 0 Å². The first kappa shape index (κ1) is 19.1. The van der Waals surface area contributed by atoms with E-state index in [0.717, 1.165) is 25.9 Å². The van der Waals surface area contributed by atoms with Gasteiger partial charge in [0.05, 0.1) is 0 Å². The number of hydrogen-bond acceptors (Lipinski definition) is 3. The third kappa shape index (κ3) is 4.35. The molecule has 0 saturated carbocycles. The van der Waals surface area contributed by atoms with Crippen molar-refractivity contribution in [2.24, 2.45) is 17.6 Å². The van der Waals surface area contributed by atoms with Crippen LogP contribution in [0, 0.1) is 17.7 Å². The monoisotopic (exact) mass is 381 g/mol. The highest BCUT2D eigenvalue weighted by Crippen LogP contribution is 2.26. The zero-order valence-electron chi connectivity index (χ0n) is 14.8. The van der Waals surface area contributed by atoms with E-state index in [1.807, 2.05) is 4.90 Å². The molecule has 0 bridgehead atoms. The molecule has 2 fully saturated rings. The lowest BCUT2D eigenvalue weighted by molar-refractivity contribution is -0.140. The number of nitrogens with two attached hydrogens (primary N) is 1. The van der Waals surface area contributed by atoms with Crippen LogP contribution in [0.25, 0.3) is 0 Å². The first-order valence-corrected chi connectivity index (χ1v) is 9.57. The lowest BCUT2D eigenvalue weighted by Crippen LogP contribution is -2.46. The zero-order chi connectivity index (χ0) is 18.7. The molecule has 3 rings (SSSR count). The molecule has 2 amide bonds. The minimum Gasteiger partial charge on any atom is -0.369 e. The van der Waals surface area contributed by atoms with Gasteiger partial charge in [-0.25, -0.2) is 4.39 Å². The predicted molar refractivity (Wildman–Crippen MR) is 97.9 cm³/mol.